The maximum absolute atomic E-state index is 12.7. The van der Waals surface area contributed by atoms with Gasteiger partial charge in [0, 0.05) is 34.7 Å². The predicted octanol–water partition coefficient (Wildman–Crippen LogP) is 1.48. The Hall–Kier alpha value is -1.39. The SMILES string of the molecule is CCNC(=NCC1(C(=O)N(C)C)CCCC1)N(C)Cc1ncnn1C.I. The highest BCUT2D eigenvalue weighted by Crippen LogP contribution is 2.39. The molecule has 1 N–H and O–H groups in total. The van der Waals surface area contributed by atoms with E-state index in [1.54, 1.807) is 15.9 Å². The minimum Gasteiger partial charge on any atom is -0.357 e. The number of hydrogen-bond donors (Lipinski definition) is 1. The maximum Gasteiger partial charge on any atom is 0.230 e. The lowest BCUT2D eigenvalue weighted by atomic mass is 9.85. The average Bonchev–Trinajstić information content (AvgIpc) is 3.21. The van der Waals surface area contributed by atoms with Crippen molar-refractivity contribution in [3.63, 3.8) is 0 Å². The first-order chi connectivity index (χ1) is 11.9. The van der Waals surface area contributed by atoms with Crippen molar-refractivity contribution in [2.24, 2.45) is 17.5 Å². The smallest absolute Gasteiger partial charge is 0.230 e. The van der Waals surface area contributed by atoms with Gasteiger partial charge in [0.2, 0.25) is 5.91 Å². The van der Waals surface area contributed by atoms with Crippen LogP contribution in [0.3, 0.4) is 0 Å². The summed E-state index contributed by atoms with van der Waals surface area (Å²) in [7, 11) is 7.52. The number of rotatable bonds is 6. The Morgan fingerprint density at radius 2 is 2.00 bits per heavy atom. The summed E-state index contributed by atoms with van der Waals surface area (Å²) in [6.07, 6.45) is 5.58. The Morgan fingerprint density at radius 1 is 1.35 bits per heavy atom. The molecule has 0 saturated heterocycles. The maximum atomic E-state index is 12.7. The minimum atomic E-state index is -0.351. The number of carbonyl (C=O) groups is 1. The molecule has 1 aliphatic carbocycles. The average molecular weight is 477 g/mol. The highest BCUT2D eigenvalue weighted by atomic mass is 127. The lowest BCUT2D eigenvalue weighted by molar-refractivity contribution is -0.138. The number of halogens is 1. The Balaban J connectivity index is 0.00000338. The zero-order chi connectivity index (χ0) is 18.4. The molecule has 148 valence electrons. The van der Waals surface area contributed by atoms with Gasteiger partial charge in [0.05, 0.1) is 18.5 Å². The largest absolute Gasteiger partial charge is 0.357 e. The zero-order valence-corrected chi connectivity index (χ0v) is 18.9. The fourth-order valence-corrected chi connectivity index (χ4v) is 3.41. The second-order valence-corrected chi connectivity index (χ2v) is 7.01. The molecule has 1 aromatic heterocycles. The lowest BCUT2D eigenvalue weighted by Crippen LogP contribution is -2.43. The molecule has 26 heavy (non-hydrogen) atoms. The van der Waals surface area contributed by atoms with Gasteiger partial charge in [0.15, 0.2) is 5.96 Å². The number of aliphatic imine (C=N–C) groups is 1. The van der Waals surface area contributed by atoms with Crippen LogP contribution in [0.5, 0.6) is 0 Å². The molecule has 2 rings (SSSR count). The summed E-state index contributed by atoms with van der Waals surface area (Å²) in [6, 6.07) is 0. The molecule has 1 amide bonds. The van der Waals surface area contributed by atoms with E-state index in [4.69, 9.17) is 4.99 Å². The molecule has 0 aliphatic heterocycles. The van der Waals surface area contributed by atoms with E-state index in [2.05, 4.69) is 15.4 Å². The van der Waals surface area contributed by atoms with Gasteiger partial charge in [0.25, 0.3) is 0 Å². The molecule has 0 atom stereocenters. The molecule has 9 heteroatoms. The monoisotopic (exact) mass is 477 g/mol. The number of nitrogens with zero attached hydrogens (tertiary/aromatic N) is 6. The fraction of sp³-hybridized carbons (Fsp3) is 0.765. The van der Waals surface area contributed by atoms with E-state index < -0.39 is 0 Å². The molecule has 0 aromatic carbocycles. The second kappa shape index (κ2) is 10.1. The van der Waals surface area contributed by atoms with Gasteiger partial charge in [-0.25, -0.2) is 4.98 Å². The number of nitrogens with one attached hydrogen (secondary N) is 1. The van der Waals surface area contributed by atoms with Crippen LogP contribution in [0.15, 0.2) is 11.3 Å². The van der Waals surface area contributed by atoms with Crippen LogP contribution < -0.4 is 5.32 Å². The van der Waals surface area contributed by atoms with Gasteiger partial charge in [0.1, 0.15) is 12.2 Å². The van der Waals surface area contributed by atoms with Crippen LogP contribution in [0.25, 0.3) is 0 Å². The van der Waals surface area contributed by atoms with Crippen LogP contribution in [0.2, 0.25) is 0 Å². The van der Waals surface area contributed by atoms with Gasteiger partial charge in [-0.1, -0.05) is 12.8 Å². The van der Waals surface area contributed by atoms with E-state index in [1.807, 2.05) is 40.0 Å². The molecule has 0 radical (unpaired) electrons. The molecule has 1 aliphatic rings. The molecule has 1 fully saturated rings. The van der Waals surface area contributed by atoms with Crippen LogP contribution in [0.1, 0.15) is 38.4 Å². The number of guanidine groups is 1. The zero-order valence-electron chi connectivity index (χ0n) is 16.5. The van der Waals surface area contributed by atoms with Gasteiger partial charge >= 0.3 is 0 Å². The van der Waals surface area contributed by atoms with Crippen molar-refractivity contribution in [1.82, 2.24) is 29.9 Å². The molecule has 8 nitrogen and oxygen atoms in total. The molecule has 0 bridgehead atoms. The van der Waals surface area contributed by atoms with Crippen LogP contribution in [0.4, 0.5) is 0 Å². The summed E-state index contributed by atoms with van der Waals surface area (Å²) in [5, 5.41) is 7.42. The number of aromatic nitrogens is 3. The summed E-state index contributed by atoms with van der Waals surface area (Å²) < 4.78 is 1.76. The van der Waals surface area contributed by atoms with E-state index in [9.17, 15) is 4.79 Å². The van der Waals surface area contributed by atoms with Crippen molar-refractivity contribution in [3.8, 4) is 0 Å². The molecule has 1 saturated carbocycles. The summed E-state index contributed by atoms with van der Waals surface area (Å²) in [5.74, 6) is 1.86. The van der Waals surface area contributed by atoms with Crippen LogP contribution in [-0.2, 0) is 18.4 Å². The van der Waals surface area contributed by atoms with Crippen molar-refractivity contribution in [2.75, 3.05) is 34.2 Å². The van der Waals surface area contributed by atoms with Crippen molar-refractivity contribution >= 4 is 35.8 Å². The van der Waals surface area contributed by atoms with Gasteiger partial charge in [-0.05, 0) is 19.8 Å². The topological polar surface area (TPSA) is 78.7 Å². The third kappa shape index (κ3) is 5.31. The molecular formula is C17H32IN7O. The molecule has 0 spiro atoms. The van der Waals surface area contributed by atoms with Crippen molar-refractivity contribution < 1.29 is 4.79 Å². The normalized spacial score (nSPS) is 16.1. The number of amides is 1. The van der Waals surface area contributed by atoms with Crippen LogP contribution in [-0.4, -0.2) is 70.7 Å². The van der Waals surface area contributed by atoms with Crippen molar-refractivity contribution in [3.05, 3.63) is 12.2 Å². The minimum absolute atomic E-state index is 0. The Labute approximate surface area is 173 Å². The van der Waals surface area contributed by atoms with Crippen LogP contribution in [0, 0.1) is 5.41 Å². The molecular weight excluding hydrogens is 445 g/mol. The highest BCUT2D eigenvalue weighted by molar-refractivity contribution is 14.0. The predicted molar refractivity (Wildman–Crippen MR) is 113 cm³/mol. The first-order valence-electron chi connectivity index (χ1n) is 8.93. The quantitative estimate of drug-likeness (QED) is 0.382. The Morgan fingerprint density at radius 3 is 2.50 bits per heavy atom. The van der Waals surface area contributed by atoms with Crippen molar-refractivity contribution in [2.45, 2.75) is 39.2 Å². The second-order valence-electron chi connectivity index (χ2n) is 7.01. The van der Waals surface area contributed by atoms with Gasteiger partial charge < -0.3 is 15.1 Å². The van der Waals surface area contributed by atoms with Gasteiger partial charge in [-0.2, -0.15) is 5.10 Å². The first-order valence-corrected chi connectivity index (χ1v) is 8.93. The van der Waals surface area contributed by atoms with E-state index in [0.29, 0.717) is 13.1 Å². The standard InChI is InChI=1S/C17H31N7O.HI/c1-6-18-16(23(4)11-14-20-13-21-24(14)5)19-12-17(9-7-8-10-17)15(25)22(2)3;/h13H,6-12H2,1-5H3,(H,18,19);1H. The summed E-state index contributed by atoms with van der Waals surface area (Å²) in [5.41, 5.74) is -0.351. The van der Waals surface area contributed by atoms with Crippen molar-refractivity contribution in [1.29, 1.82) is 0 Å². The molecule has 1 heterocycles. The number of carbonyl (C=O) groups excluding carboxylic acids is 1. The highest BCUT2D eigenvalue weighted by Gasteiger charge is 2.42. The third-order valence-electron chi connectivity index (χ3n) is 4.83. The van der Waals surface area contributed by atoms with E-state index >= 15 is 0 Å². The van der Waals surface area contributed by atoms with E-state index in [-0.39, 0.29) is 35.3 Å². The Bertz CT molecular complexity index is 608. The van der Waals surface area contributed by atoms with E-state index in [1.165, 1.54) is 0 Å². The first kappa shape index (κ1) is 22.7. The Kier molecular flexibility index (Phi) is 8.78. The summed E-state index contributed by atoms with van der Waals surface area (Å²) in [4.78, 5) is 25.5. The van der Waals surface area contributed by atoms with E-state index in [0.717, 1.165) is 44.0 Å². The number of aryl methyl sites for hydroxylation is 1. The fourth-order valence-electron chi connectivity index (χ4n) is 3.41. The van der Waals surface area contributed by atoms with Crippen LogP contribution >= 0.6 is 24.0 Å². The molecule has 1 aromatic rings. The van der Waals surface area contributed by atoms with Gasteiger partial charge in [-0.3, -0.25) is 14.5 Å². The lowest BCUT2D eigenvalue weighted by Gasteiger charge is -2.30. The third-order valence-corrected chi connectivity index (χ3v) is 4.83. The molecule has 0 unspecified atom stereocenters. The summed E-state index contributed by atoms with van der Waals surface area (Å²) in [6.45, 7) is 3.95. The van der Waals surface area contributed by atoms with Gasteiger partial charge in [-0.15, -0.1) is 24.0 Å². The number of hydrogen-bond acceptors (Lipinski definition) is 4. The summed E-state index contributed by atoms with van der Waals surface area (Å²) >= 11 is 0.